The van der Waals surface area contributed by atoms with E-state index in [4.69, 9.17) is 4.98 Å². The van der Waals surface area contributed by atoms with Gasteiger partial charge in [0.25, 0.3) is 0 Å². The van der Waals surface area contributed by atoms with E-state index in [1.807, 2.05) is 7.05 Å². The Kier molecular flexibility index (Phi) is 4.56. The fourth-order valence-electron chi connectivity index (χ4n) is 2.93. The molecule has 0 aliphatic carbocycles. The Labute approximate surface area is 131 Å². The summed E-state index contributed by atoms with van der Waals surface area (Å²) in [7, 11) is 2.02. The van der Waals surface area contributed by atoms with Crippen molar-refractivity contribution < 1.29 is 0 Å². The Hall–Kier alpha value is -1.39. The summed E-state index contributed by atoms with van der Waals surface area (Å²) in [5, 5.41) is 6.81. The first-order chi connectivity index (χ1) is 10.3. The van der Waals surface area contributed by atoms with Crippen LogP contribution in [0.3, 0.4) is 0 Å². The van der Waals surface area contributed by atoms with Gasteiger partial charge in [-0.3, -0.25) is 0 Å². The third-order valence-electron chi connectivity index (χ3n) is 4.20. The molecule has 3 nitrogen and oxygen atoms in total. The molecule has 0 saturated carbocycles. The van der Waals surface area contributed by atoms with E-state index in [2.05, 4.69) is 52.9 Å². The number of hydrogen-bond acceptors (Lipinski definition) is 4. The average Bonchev–Trinajstić information content (AvgIpc) is 3.14. The SMILES string of the molecule is CNC(Cc1csc(N2CCC(C)C2)n1)c1ccccc1. The lowest BCUT2D eigenvalue weighted by molar-refractivity contribution is 0.586. The number of hydrogen-bond donors (Lipinski definition) is 1. The van der Waals surface area contributed by atoms with Gasteiger partial charge in [-0.15, -0.1) is 11.3 Å². The minimum Gasteiger partial charge on any atom is -0.348 e. The summed E-state index contributed by atoms with van der Waals surface area (Å²) in [6.07, 6.45) is 2.23. The molecule has 0 radical (unpaired) electrons. The summed E-state index contributed by atoms with van der Waals surface area (Å²) in [5.74, 6) is 0.798. The van der Waals surface area contributed by atoms with Crippen molar-refractivity contribution in [2.45, 2.75) is 25.8 Å². The van der Waals surface area contributed by atoms with Crippen LogP contribution in [0.4, 0.5) is 5.13 Å². The van der Waals surface area contributed by atoms with E-state index in [-0.39, 0.29) is 0 Å². The molecule has 1 fully saturated rings. The topological polar surface area (TPSA) is 28.2 Å². The molecule has 1 aliphatic rings. The van der Waals surface area contributed by atoms with Crippen molar-refractivity contribution in [1.82, 2.24) is 10.3 Å². The fourth-order valence-corrected chi connectivity index (χ4v) is 3.80. The third kappa shape index (κ3) is 3.44. The van der Waals surface area contributed by atoms with Crippen molar-refractivity contribution in [3.63, 3.8) is 0 Å². The Morgan fingerprint density at radius 1 is 1.38 bits per heavy atom. The van der Waals surface area contributed by atoms with Gasteiger partial charge in [-0.2, -0.15) is 0 Å². The van der Waals surface area contributed by atoms with Crippen LogP contribution in [0.25, 0.3) is 0 Å². The second-order valence-electron chi connectivity index (χ2n) is 5.92. The molecule has 2 atom stereocenters. The smallest absolute Gasteiger partial charge is 0.185 e. The molecule has 2 aromatic rings. The van der Waals surface area contributed by atoms with Gasteiger partial charge in [-0.1, -0.05) is 37.3 Å². The molecule has 21 heavy (non-hydrogen) atoms. The molecular formula is C17H23N3S. The first-order valence-electron chi connectivity index (χ1n) is 7.68. The zero-order valence-corrected chi connectivity index (χ0v) is 13.6. The van der Waals surface area contributed by atoms with Gasteiger partial charge >= 0.3 is 0 Å². The summed E-state index contributed by atoms with van der Waals surface area (Å²) in [5.41, 5.74) is 2.52. The van der Waals surface area contributed by atoms with Gasteiger partial charge in [0.1, 0.15) is 0 Å². The number of likely N-dealkylation sites (N-methyl/N-ethyl adjacent to an activating group) is 1. The van der Waals surface area contributed by atoms with Crippen molar-refractivity contribution in [2.75, 3.05) is 25.0 Å². The van der Waals surface area contributed by atoms with Crippen LogP contribution in [-0.2, 0) is 6.42 Å². The molecule has 0 amide bonds. The first kappa shape index (κ1) is 14.5. The van der Waals surface area contributed by atoms with Crippen LogP contribution in [0.15, 0.2) is 35.7 Å². The fraction of sp³-hybridized carbons (Fsp3) is 0.471. The minimum atomic E-state index is 0.332. The number of anilines is 1. The van der Waals surface area contributed by atoms with Crippen molar-refractivity contribution in [1.29, 1.82) is 0 Å². The molecule has 3 rings (SSSR count). The third-order valence-corrected chi connectivity index (χ3v) is 5.15. The van der Waals surface area contributed by atoms with Crippen LogP contribution in [0.1, 0.15) is 30.6 Å². The average molecular weight is 301 g/mol. The molecule has 1 aromatic heterocycles. The normalized spacial score (nSPS) is 19.9. The summed E-state index contributed by atoms with van der Waals surface area (Å²) in [4.78, 5) is 7.27. The monoisotopic (exact) mass is 301 g/mol. The molecule has 1 saturated heterocycles. The van der Waals surface area contributed by atoms with Crippen LogP contribution in [-0.4, -0.2) is 25.1 Å². The maximum absolute atomic E-state index is 4.84. The zero-order valence-electron chi connectivity index (χ0n) is 12.7. The van der Waals surface area contributed by atoms with E-state index < -0.39 is 0 Å². The number of nitrogens with zero attached hydrogens (tertiary/aromatic N) is 2. The Bertz CT molecular complexity index is 566. The number of benzene rings is 1. The maximum Gasteiger partial charge on any atom is 0.185 e. The first-order valence-corrected chi connectivity index (χ1v) is 8.56. The van der Waals surface area contributed by atoms with E-state index in [0.717, 1.165) is 25.4 Å². The van der Waals surface area contributed by atoms with Gasteiger partial charge in [-0.25, -0.2) is 4.98 Å². The van der Waals surface area contributed by atoms with Crippen LogP contribution < -0.4 is 10.2 Å². The molecule has 0 bridgehead atoms. The van der Waals surface area contributed by atoms with E-state index in [9.17, 15) is 0 Å². The number of nitrogens with one attached hydrogen (secondary N) is 1. The van der Waals surface area contributed by atoms with Gasteiger partial charge in [0, 0.05) is 30.9 Å². The highest BCUT2D eigenvalue weighted by Gasteiger charge is 2.21. The lowest BCUT2D eigenvalue weighted by Crippen LogP contribution is -2.20. The summed E-state index contributed by atoms with van der Waals surface area (Å²) in [6.45, 7) is 4.63. The summed E-state index contributed by atoms with van der Waals surface area (Å²) >= 11 is 1.78. The van der Waals surface area contributed by atoms with E-state index in [0.29, 0.717) is 6.04 Å². The predicted octanol–water partition coefficient (Wildman–Crippen LogP) is 3.49. The second kappa shape index (κ2) is 6.58. The van der Waals surface area contributed by atoms with Gasteiger partial charge < -0.3 is 10.2 Å². The van der Waals surface area contributed by atoms with E-state index >= 15 is 0 Å². The minimum absolute atomic E-state index is 0.332. The maximum atomic E-state index is 4.84. The lowest BCUT2D eigenvalue weighted by Gasteiger charge is -2.16. The van der Waals surface area contributed by atoms with Crippen molar-refractivity contribution >= 4 is 16.5 Å². The summed E-state index contributed by atoms with van der Waals surface area (Å²) < 4.78 is 0. The molecular weight excluding hydrogens is 278 g/mol. The molecule has 112 valence electrons. The molecule has 1 aromatic carbocycles. The van der Waals surface area contributed by atoms with Crippen LogP contribution in [0, 0.1) is 5.92 Å². The van der Waals surface area contributed by atoms with Crippen LogP contribution in [0.5, 0.6) is 0 Å². The highest BCUT2D eigenvalue weighted by Crippen LogP contribution is 2.28. The second-order valence-corrected chi connectivity index (χ2v) is 6.75. The lowest BCUT2D eigenvalue weighted by atomic mass is 10.0. The molecule has 1 aliphatic heterocycles. The predicted molar refractivity (Wildman–Crippen MR) is 90.1 cm³/mol. The van der Waals surface area contributed by atoms with Crippen LogP contribution >= 0.6 is 11.3 Å². The van der Waals surface area contributed by atoms with Gasteiger partial charge in [-0.05, 0) is 24.9 Å². The number of rotatable bonds is 5. The van der Waals surface area contributed by atoms with Gasteiger partial charge in [0.15, 0.2) is 5.13 Å². The van der Waals surface area contributed by atoms with Crippen molar-refractivity contribution in [3.05, 3.63) is 47.0 Å². The zero-order chi connectivity index (χ0) is 14.7. The number of aromatic nitrogens is 1. The molecule has 2 heterocycles. The molecule has 4 heteroatoms. The Balaban J connectivity index is 1.69. The van der Waals surface area contributed by atoms with Gasteiger partial charge in [0.2, 0.25) is 0 Å². The molecule has 0 spiro atoms. The molecule has 2 unspecified atom stereocenters. The van der Waals surface area contributed by atoms with Crippen molar-refractivity contribution in [2.24, 2.45) is 5.92 Å². The van der Waals surface area contributed by atoms with Crippen LogP contribution in [0.2, 0.25) is 0 Å². The van der Waals surface area contributed by atoms with Gasteiger partial charge in [0.05, 0.1) is 5.69 Å². The Morgan fingerprint density at radius 3 is 2.86 bits per heavy atom. The van der Waals surface area contributed by atoms with E-state index in [1.54, 1.807) is 11.3 Å². The standard InChI is InChI=1S/C17H23N3S/c1-13-8-9-20(11-13)17-19-15(12-21-17)10-16(18-2)14-6-4-3-5-7-14/h3-7,12-13,16,18H,8-11H2,1-2H3. The molecule has 1 N–H and O–H groups in total. The quantitative estimate of drug-likeness (QED) is 0.916. The number of thiazole rings is 1. The summed E-state index contributed by atoms with van der Waals surface area (Å²) in [6, 6.07) is 10.9. The van der Waals surface area contributed by atoms with E-state index in [1.165, 1.54) is 22.8 Å². The Morgan fingerprint density at radius 2 is 2.19 bits per heavy atom. The highest BCUT2D eigenvalue weighted by atomic mass is 32.1. The van der Waals surface area contributed by atoms with Crippen molar-refractivity contribution in [3.8, 4) is 0 Å². The highest BCUT2D eigenvalue weighted by molar-refractivity contribution is 7.13. The largest absolute Gasteiger partial charge is 0.348 e.